The fourth-order valence-electron chi connectivity index (χ4n) is 4.46. The van der Waals surface area contributed by atoms with Crippen molar-refractivity contribution in [3.63, 3.8) is 0 Å². The van der Waals surface area contributed by atoms with Crippen LogP contribution in [0.4, 0.5) is 0 Å². The molecule has 0 aromatic rings. The smallest absolute Gasteiger partial charge is 0.313 e. The summed E-state index contributed by atoms with van der Waals surface area (Å²) in [4.78, 5) is 27.0. The summed E-state index contributed by atoms with van der Waals surface area (Å²) in [6.45, 7) is 4.38. The lowest BCUT2D eigenvalue weighted by Crippen LogP contribution is -2.51. The van der Waals surface area contributed by atoms with Crippen LogP contribution < -0.4 is 5.32 Å². The van der Waals surface area contributed by atoms with Gasteiger partial charge in [-0.3, -0.25) is 9.59 Å². The highest BCUT2D eigenvalue weighted by atomic mass is 32.2. The summed E-state index contributed by atoms with van der Waals surface area (Å²) in [6.07, 6.45) is 5.84. The van der Waals surface area contributed by atoms with Crippen molar-refractivity contribution in [3.8, 4) is 0 Å². The molecule has 0 spiro atoms. The van der Waals surface area contributed by atoms with Crippen LogP contribution in [0.3, 0.4) is 0 Å². The Balaban J connectivity index is 2.02. The summed E-state index contributed by atoms with van der Waals surface area (Å²) < 4.78 is 28.8. The lowest BCUT2D eigenvalue weighted by Gasteiger charge is -2.35. The SMILES string of the molecule is CCC(CC)(CNCC(=O)N(C1CCCC1)[C@@H]1CCS(=O)(=O)C1)C(=O)OC. The lowest BCUT2D eigenvalue weighted by molar-refractivity contribution is -0.153. The summed E-state index contributed by atoms with van der Waals surface area (Å²) in [5.41, 5.74) is -0.635. The Kier molecular flexibility index (Phi) is 7.68. The van der Waals surface area contributed by atoms with Crippen molar-refractivity contribution in [2.75, 3.05) is 31.7 Å². The van der Waals surface area contributed by atoms with Gasteiger partial charge in [-0.2, -0.15) is 0 Å². The molecule has 1 saturated heterocycles. The Morgan fingerprint density at radius 1 is 1.11 bits per heavy atom. The fraction of sp³-hybridized carbons (Fsp3) is 0.895. The predicted octanol–water partition coefficient (Wildman–Crippen LogP) is 1.51. The number of amides is 1. The molecule has 1 atom stereocenters. The van der Waals surface area contributed by atoms with E-state index in [2.05, 4.69) is 5.32 Å². The van der Waals surface area contributed by atoms with Gasteiger partial charge in [-0.05, 0) is 32.1 Å². The van der Waals surface area contributed by atoms with Crippen LogP contribution in [0.2, 0.25) is 0 Å². The number of ether oxygens (including phenoxy) is 1. The van der Waals surface area contributed by atoms with Crippen LogP contribution in [0.25, 0.3) is 0 Å². The summed E-state index contributed by atoms with van der Waals surface area (Å²) in [6, 6.07) is -0.0737. The van der Waals surface area contributed by atoms with Gasteiger partial charge in [0, 0.05) is 18.6 Å². The van der Waals surface area contributed by atoms with Gasteiger partial charge < -0.3 is 15.0 Å². The van der Waals surface area contributed by atoms with Gasteiger partial charge in [0.25, 0.3) is 0 Å². The average Bonchev–Trinajstić information content (AvgIpc) is 3.28. The van der Waals surface area contributed by atoms with Crippen molar-refractivity contribution >= 4 is 21.7 Å². The van der Waals surface area contributed by atoms with Crippen molar-refractivity contribution in [1.82, 2.24) is 10.2 Å². The Morgan fingerprint density at radius 3 is 2.22 bits per heavy atom. The molecule has 1 N–H and O–H groups in total. The van der Waals surface area contributed by atoms with Gasteiger partial charge in [-0.25, -0.2) is 8.42 Å². The predicted molar refractivity (Wildman–Crippen MR) is 104 cm³/mol. The Hall–Kier alpha value is -1.15. The number of rotatable bonds is 9. The molecule has 0 radical (unpaired) electrons. The molecule has 2 rings (SSSR count). The molecular formula is C19H34N2O5S. The van der Waals surface area contributed by atoms with Crippen LogP contribution >= 0.6 is 0 Å². The minimum absolute atomic E-state index is 0.0602. The molecule has 7 nitrogen and oxygen atoms in total. The van der Waals surface area contributed by atoms with E-state index in [1.165, 1.54) is 7.11 Å². The summed E-state index contributed by atoms with van der Waals surface area (Å²) in [7, 11) is -1.66. The molecule has 0 unspecified atom stereocenters. The van der Waals surface area contributed by atoms with Gasteiger partial charge in [-0.15, -0.1) is 0 Å². The van der Waals surface area contributed by atoms with Crippen LogP contribution in [0, 0.1) is 5.41 Å². The normalized spacial score (nSPS) is 22.7. The van der Waals surface area contributed by atoms with E-state index in [0.29, 0.717) is 25.8 Å². The number of hydrogen-bond acceptors (Lipinski definition) is 6. The zero-order valence-corrected chi connectivity index (χ0v) is 17.6. The quantitative estimate of drug-likeness (QED) is 0.588. The van der Waals surface area contributed by atoms with Gasteiger partial charge in [0.2, 0.25) is 5.91 Å². The van der Waals surface area contributed by atoms with E-state index in [4.69, 9.17) is 4.74 Å². The molecule has 1 heterocycles. The maximum atomic E-state index is 13.0. The Labute approximate surface area is 163 Å². The van der Waals surface area contributed by atoms with Gasteiger partial charge in [-0.1, -0.05) is 26.7 Å². The molecule has 2 fully saturated rings. The second kappa shape index (κ2) is 9.37. The second-order valence-corrected chi connectivity index (χ2v) is 10.1. The maximum absolute atomic E-state index is 13.0. The minimum Gasteiger partial charge on any atom is -0.469 e. The van der Waals surface area contributed by atoms with E-state index in [9.17, 15) is 18.0 Å². The zero-order valence-electron chi connectivity index (χ0n) is 16.8. The molecule has 1 amide bonds. The first-order chi connectivity index (χ1) is 12.8. The summed E-state index contributed by atoms with van der Waals surface area (Å²) in [5, 5.41) is 3.15. The monoisotopic (exact) mass is 402 g/mol. The van der Waals surface area contributed by atoms with Crippen LogP contribution in [-0.2, 0) is 24.2 Å². The highest BCUT2D eigenvalue weighted by Gasteiger charge is 2.40. The second-order valence-electron chi connectivity index (χ2n) is 7.88. The molecule has 8 heteroatoms. The number of methoxy groups -OCH3 is 1. The molecule has 0 aromatic carbocycles. The average molecular weight is 403 g/mol. The number of carbonyl (C=O) groups is 2. The Morgan fingerprint density at radius 2 is 1.74 bits per heavy atom. The number of nitrogens with one attached hydrogen (secondary N) is 1. The minimum atomic E-state index is -3.05. The van der Waals surface area contributed by atoms with Crippen molar-refractivity contribution in [2.45, 2.75) is 70.9 Å². The molecule has 27 heavy (non-hydrogen) atoms. The first-order valence-corrected chi connectivity index (χ1v) is 11.9. The fourth-order valence-corrected chi connectivity index (χ4v) is 6.17. The number of sulfone groups is 1. The third kappa shape index (κ3) is 5.22. The van der Waals surface area contributed by atoms with E-state index in [-0.39, 0.29) is 42.0 Å². The van der Waals surface area contributed by atoms with E-state index in [1.54, 1.807) is 0 Å². The van der Waals surface area contributed by atoms with E-state index in [1.807, 2.05) is 18.7 Å². The number of carbonyl (C=O) groups excluding carboxylic acids is 2. The van der Waals surface area contributed by atoms with Crippen molar-refractivity contribution in [3.05, 3.63) is 0 Å². The molecule has 0 aromatic heterocycles. The van der Waals surface area contributed by atoms with Crippen molar-refractivity contribution in [2.24, 2.45) is 5.41 Å². The molecule has 1 saturated carbocycles. The molecule has 1 aliphatic carbocycles. The number of nitrogens with zero attached hydrogens (tertiary/aromatic N) is 1. The number of hydrogen-bond donors (Lipinski definition) is 1. The third-order valence-electron chi connectivity index (χ3n) is 6.32. The summed E-state index contributed by atoms with van der Waals surface area (Å²) in [5.74, 6) is -0.0822. The van der Waals surface area contributed by atoms with Crippen LogP contribution in [-0.4, -0.2) is 69.0 Å². The van der Waals surface area contributed by atoms with Crippen molar-refractivity contribution in [1.29, 1.82) is 0 Å². The van der Waals surface area contributed by atoms with Gasteiger partial charge in [0.15, 0.2) is 9.84 Å². The first-order valence-electron chi connectivity index (χ1n) is 10.1. The van der Waals surface area contributed by atoms with Crippen molar-refractivity contribution < 1.29 is 22.7 Å². The van der Waals surface area contributed by atoms with Gasteiger partial charge in [0.05, 0.1) is 30.6 Å². The topological polar surface area (TPSA) is 92.8 Å². The molecule has 156 valence electrons. The standard InChI is InChI=1S/C19H34N2O5S/c1-4-19(5-2,18(23)26-3)14-20-12-17(22)21(15-8-6-7-9-15)16-10-11-27(24,25)13-16/h15-16,20H,4-14H2,1-3H3/t16-/m1/s1. The molecule has 2 aliphatic rings. The van der Waals surface area contributed by atoms with Crippen LogP contribution in [0.15, 0.2) is 0 Å². The largest absolute Gasteiger partial charge is 0.469 e. The first kappa shape index (κ1) is 22.1. The summed E-state index contributed by atoms with van der Waals surface area (Å²) >= 11 is 0. The molecule has 0 bridgehead atoms. The van der Waals surface area contributed by atoms with Gasteiger partial charge in [0.1, 0.15) is 0 Å². The maximum Gasteiger partial charge on any atom is 0.313 e. The van der Waals surface area contributed by atoms with E-state index < -0.39 is 15.3 Å². The molecular weight excluding hydrogens is 368 g/mol. The number of esters is 1. The van der Waals surface area contributed by atoms with Crippen LogP contribution in [0.5, 0.6) is 0 Å². The van der Waals surface area contributed by atoms with Crippen LogP contribution in [0.1, 0.15) is 58.8 Å². The third-order valence-corrected chi connectivity index (χ3v) is 8.07. The zero-order chi connectivity index (χ0) is 20.1. The van der Waals surface area contributed by atoms with E-state index >= 15 is 0 Å². The lowest BCUT2D eigenvalue weighted by atomic mass is 9.82. The highest BCUT2D eigenvalue weighted by Crippen LogP contribution is 2.30. The molecule has 1 aliphatic heterocycles. The highest BCUT2D eigenvalue weighted by molar-refractivity contribution is 7.91. The van der Waals surface area contributed by atoms with E-state index in [0.717, 1.165) is 25.7 Å². The van der Waals surface area contributed by atoms with Gasteiger partial charge >= 0.3 is 5.97 Å². The Bertz CT molecular complexity index is 624.